The van der Waals surface area contributed by atoms with Crippen LogP contribution in [0.25, 0.3) is 5.52 Å². The molecule has 2 saturated heterocycles. The van der Waals surface area contributed by atoms with Gasteiger partial charge >= 0.3 is 6.18 Å². The summed E-state index contributed by atoms with van der Waals surface area (Å²) in [7, 11) is 0. The van der Waals surface area contributed by atoms with Gasteiger partial charge in [0.2, 0.25) is 0 Å². The Morgan fingerprint density at radius 1 is 1.04 bits per heavy atom. The quantitative estimate of drug-likeness (QED) is 0.672. The summed E-state index contributed by atoms with van der Waals surface area (Å²) in [6.07, 6.45) is 3.74. The Kier molecular flexibility index (Phi) is 3.88. The van der Waals surface area contributed by atoms with Crippen molar-refractivity contribution in [1.29, 1.82) is 0 Å². The van der Waals surface area contributed by atoms with E-state index < -0.39 is 11.9 Å². The molecule has 2 aliphatic heterocycles. The van der Waals surface area contributed by atoms with Crippen molar-refractivity contribution >= 4 is 17.2 Å². The van der Waals surface area contributed by atoms with Crippen molar-refractivity contribution in [2.24, 2.45) is 5.92 Å². The van der Waals surface area contributed by atoms with E-state index in [4.69, 9.17) is 0 Å². The minimum absolute atomic E-state index is 0.173. The van der Waals surface area contributed by atoms with Crippen LogP contribution in [0.1, 0.15) is 18.5 Å². The Balaban J connectivity index is 1.44. The Bertz CT molecular complexity index is 1000. The summed E-state index contributed by atoms with van der Waals surface area (Å²) in [6, 6.07) is 3.14. The molecule has 3 aromatic rings. The van der Waals surface area contributed by atoms with Crippen molar-refractivity contribution in [3.63, 3.8) is 0 Å². The van der Waals surface area contributed by atoms with Crippen LogP contribution in [0, 0.1) is 5.92 Å². The zero-order valence-electron chi connectivity index (χ0n) is 14.9. The molecule has 10 heteroatoms. The van der Waals surface area contributed by atoms with Crippen molar-refractivity contribution < 1.29 is 13.2 Å². The second kappa shape index (κ2) is 6.32. The van der Waals surface area contributed by atoms with Crippen molar-refractivity contribution in [2.45, 2.75) is 25.1 Å². The Morgan fingerprint density at radius 2 is 1.89 bits per heavy atom. The Labute approximate surface area is 158 Å². The highest BCUT2D eigenvalue weighted by Crippen LogP contribution is 2.37. The van der Waals surface area contributed by atoms with Gasteiger partial charge in [0.05, 0.1) is 12.2 Å². The largest absolute Gasteiger partial charge is 0.433 e. The molecule has 2 aliphatic rings. The van der Waals surface area contributed by atoms with Crippen molar-refractivity contribution in [3.8, 4) is 0 Å². The molecule has 0 aromatic carbocycles. The fourth-order valence-corrected chi connectivity index (χ4v) is 4.35. The summed E-state index contributed by atoms with van der Waals surface area (Å²) in [5.41, 5.74) is 0.0234. The van der Waals surface area contributed by atoms with Crippen molar-refractivity contribution in [3.05, 3.63) is 42.7 Å². The Hall–Kier alpha value is -2.91. The van der Waals surface area contributed by atoms with Gasteiger partial charge in [-0.2, -0.15) is 18.3 Å². The topological polar surface area (TPSA) is 62.5 Å². The second-order valence-corrected chi connectivity index (χ2v) is 7.22. The van der Waals surface area contributed by atoms with E-state index in [0.29, 0.717) is 24.8 Å². The molecule has 0 aliphatic carbocycles. The maximum atomic E-state index is 13.0. The molecule has 0 spiro atoms. The van der Waals surface area contributed by atoms with E-state index in [2.05, 4.69) is 25.0 Å². The van der Waals surface area contributed by atoms with Gasteiger partial charge in [0.25, 0.3) is 0 Å². The zero-order chi connectivity index (χ0) is 19.3. The van der Waals surface area contributed by atoms with Crippen LogP contribution in [-0.4, -0.2) is 50.2 Å². The second-order valence-electron chi connectivity index (χ2n) is 7.22. The number of rotatable bonds is 2. The number of piperidine rings is 1. The average molecular weight is 389 g/mol. The first-order valence-electron chi connectivity index (χ1n) is 9.20. The molecular formula is C18H18F3N7. The summed E-state index contributed by atoms with van der Waals surface area (Å²) < 4.78 is 40.8. The lowest BCUT2D eigenvalue weighted by molar-refractivity contribution is -0.141. The van der Waals surface area contributed by atoms with E-state index in [1.165, 1.54) is 0 Å². The van der Waals surface area contributed by atoms with Crippen molar-refractivity contribution in [1.82, 2.24) is 24.6 Å². The molecule has 0 bridgehead atoms. The van der Waals surface area contributed by atoms with Crippen molar-refractivity contribution in [2.75, 3.05) is 29.4 Å². The molecule has 7 nitrogen and oxygen atoms in total. The molecule has 2 atom stereocenters. The number of fused-ring (bicyclic) bond motifs is 2. The third kappa shape index (κ3) is 2.83. The molecule has 28 heavy (non-hydrogen) atoms. The van der Waals surface area contributed by atoms with Gasteiger partial charge < -0.3 is 9.80 Å². The monoisotopic (exact) mass is 389 g/mol. The number of nitrogens with zero attached hydrogens (tertiary/aromatic N) is 7. The molecule has 5 heterocycles. The van der Waals surface area contributed by atoms with Crippen LogP contribution in [0.3, 0.4) is 0 Å². The minimum Gasteiger partial charge on any atom is -0.354 e. The maximum Gasteiger partial charge on any atom is 0.433 e. The highest BCUT2D eigenvalue weighted by molar-refractivity contribution is 5.69. The van der Waals surface area contributed by atoms with Crippen LogP contribution < -0.4 is 9.80 Å². The molecule has 0 amide bonds. The predicted molar refractivity (Wildman–Crippen MR) is 96.1 cm³/mol. The molecule has 3 aromatic heterocycles. The molecule has 2 unspecified atom stereocenters. The smallest absolute Gasteiger partial charge is 0.354 e. The molecule has 0 radical (unpaired) electrons. The number of halogens is 3. The Morgan fingerprint density at radius 3 is 2.75 bits per heavy atom. The third-order valence-electron chi connectivity index (χ3n) is 5.71. The number of alkyl halides is 3. The lowest BCUT2D eigenvalue weighted by Crippen LogP contribution is -2.49. The van der Waals surface area contributed by atoms with Gasteiger partial charge in [0.1, 0.15) is 23.4 Å². The van der Waals surface area contributed by atoms with Gasteiger partial charge in [0.15, 0.2) is 5.82 Å². The van der Waals surface area contributed by atoms with E-state index in [9.17, 15) is 13.2 Å². The summed E-state index contributed by atoms with van der Waals surface area (Å²) in [6.45, 7) is 2.17. The lowest BCUT2D eigenvalue weighted by atomic mass is 9.92. The van der Waals surface area contributed by atoms with Gasteiger partial charge in [-0.25, -0.2) is 19.5 Å². The number of hydrogen-bond acceptors (Lipinski definition) is 6. The van der Waals surface area contributed by atoms with Gasteiger partial charge in [-0.1, -0.05) is 0 Å². The maximum absolute atomic E-state index is 13.0. The number of anilines is 2. The molecule has 2 fully saturated rings. The van der Waals surface area contributed by atoms with E-state index >= 15 is 0 Å². The van der Waals surface area contributed by atoms with Gasteiger partial charge in [-0.05, 0) is 24.8 Å². The lowest BCUT2D eigenvalue weighted by Gasteiger charge is -2.39. The highest BCUT2D eigenvalue weighted by atomic mass is 19.4. The minimum atomic E-state index is -4.48. The SMILES string of the molecule is FC(F)(F)c1cc(N2CCC3CCN(c4nccn5nccc45)C3C2)ncn1. The van der Waals surface area contributed by atoms with Crippen LogP contribution in [0.15, 0.2) is 37.1 Å². The van der Waals surface area contributed by atoms with Crippen LogP contribution in [0.2, 0.25) is 0 Å². The fraction of sp³-hybridized carbons (Fsp3) is 0.444. The van der Waals surface area contributed by atoms with E-state index in [1.807, 2.05) is 11.0 Å². The first-order valence-corrected chi connectivity index (χ1v) is 9.20. The third-order valence-corrected chi connectivity index (χ3v) is 5.71. The van der Waals surface area contributed by atoms with Crippen LogP contribution in [0.4, 0.5) is 24.8 Å². The number of aromatic nitrogens is 5. The van der Waals surface area contributed by atoms with Crippen LogP contribution in [0.5, 0.6) is 0 Å². The zero-order valence-corrected chi connectivity index (χ0v) is 14.9. The van der Waals surface area contributed by atoms with Gasteiger partial charge in [-0.3, -0.25) is 0 Å². The van der Waals surface area contributed by atoms with E-state index in [1.54, 1.807) is 23.1 Å². The summed E-state index contributed by atoms with van der Waals surface area (Å²) in [5.74, 6) is 1.68. The van der Waals surface area contributed by atoms with E-state index in [0.717, 1.165) is 43.1 Å². The molecule has 146 valence electrons. The molecule has 0 N–H and O–H groups in total. The molecular weight excluding hydrogens is 371 g/mol. The summed E-state index contributed by atoms with van der Waals surface area (Å²) in [4.78, 5) is 16.2. The predicted octanol–water partition coefficient (Wildman–Crippen LogP) is 2.64. The van der Waals surface area contributed by atoms with Gasteiger partial charge in [0, 0.05) is 38.1 Å². The first kappa shape index (κ1) is 17.2. The fourth-order valence-electron chi connectivity index (χ4n) is 4.35. The molecule has 5 rings (SSSR count). The number of hydrogen-bond donors (Lipinski definition) is 0. The normalized spacial score (nSPS) is 22.7. The first-order chi connectivity index (χ1) is 13.5. The van der Waals surface area contributed by atoms with E-state index in [-0.39, 0.29) is 6.04 Å². The average Bonchev–Trinajstić information content (AvgIpc) is 3.33. The molecule has 0 saturated carbocycles. The summed E-state index contributed by atoms with van der Waals surface area (Å²) >= 11 is 0. The summed E-state index contributed by atoms with van der Waals surface area (Å²) in [5, 5.41) is 4.27. The van der Waals surface area contributed by atoms with Gasteiger partial charge in [-0.15, -0.1) is 0 Å². The highest BCUT2D eigenvalue weighted by Gasteiger charge is 2.40. The standard InChI is InChI=1S/C18H18F3N7/c19-18(20,21)15-9-16(24-11-23-15)26-6-2-12-3-7-27(14(12)10-26)17-13-1-4-25-28(13)8-5-22-17/h1,4-5,8-9,11-12,14H,2-3,6-7,10H2. The van der Waals surface area contributed by atoms with Crippen LogP contribution >= 0.6 is 0 Å². The van der Waals surface area contributed by atoms with Crippen LogP contribution in [-0.2, 0) is 6.18 Å².